The number of aryl methyl sites for hydroxylation is 1. The summed E-state index contributed by atoms with van der Waals surface area (Å²) in [6, 6.07) is 18.1. The van der Waals surface area contributed by atoms with E-state index in [1.165, 1.54) is 12.1 Å². The smallest absolute Gasteiger partial charge is 0.311 e. The summed E-state index contributed by atoms with van der Waals surface area (Å²) in [7, 11) is 0. The first-order valence-corrected chi connectivity index (χ1v) is 12.7. The number of esters is 2. The number of rotatable bonds is 10. The van der Waals surface area contributed by atoms with Crippen molar-refractivity contribution in [2.24, 2.45) is 0 Å². The molecule has 0 fully saturated rings. The van der Waals surface area contributed by atoms with Gasteiger partial charge in [-0.3, -0.25) is 9.59 Å². The number of benzene rings is 3. The molecule has 0 saturated heterocycles. The second-order valence-corrected chi connectivity index (χ2v) is 9.19. The standard InChI is InChI=1S/C31H29F2NO5/c1-4-37-29(35)17-22-11-14-27(32)24(16-22)15-21-9-12-23(13-10-21)31-26(19(2)34-39-31)18-30(36)38-20(3)25-7-5-6-8-28(25)33/h5-14,16,20H,4,15,17-18H2,1-3H3/t20-/m1/s1. The zero-order valence-electron chi connectivity index (χ0n) is 22.0. The lowest BCUT2D eigenvalue weighted by atomic mass is 9.98. The summed E-state index contributed by atoms with van der Waals surface area (Å²) in [5, 5.41) is 4.02. The first-order chi connectivity index (χ1) is 18.7. The van der Waals surface area contributed by atoms with Gasteiger partial charge in [0.2, 0.25) is 0 Å². The van der Waals surface area contributed by atoms with E-state index in [0.717, 1.165) is 5.56 Å². The van der Waals surface area contributed by atoms with Crippen molar-refractivity contribution in [3.05, 3.63) is 112 Å². The van der Waals surface area contributed by atoms with Gasteiger partial charge >= 0.3 is 11.9 Å². The van der Waals surface area contributed by atoms with Crippen molar-refractivity contribution in [2.45, 2.75) is 46.1 Å². The number of carbonyl (C=O) groups is 2. The molecule has 4 rings (SSSR count). The van der Waals surface area contributed by atoms with Crippen molar-refractivity contribution in [1.29, 1.82) is 0 Å². The van der Waals surface area contributed by atoms with Gasteiger partial charge in [0.1, 0.15) is 17.7 Å². The van der Waals surface area contributed by atoms with E-state index in [9.17, 15) is 18.4 Å². The van der Waals surface area contributed by atoms with Gasteiger partial charge in [0.25, 0.3) is 0 Å². The average molecular weight is 534 g/mol. The Morgan fingerprint density at radius 3 is 2.36 bits per heavy atom. The molecule has 0 spiro atoms. The minimum absolute atomic E-state index is 0.0786. The van der Waals surface area contributed by atoms with Crippen LogP contribution in [0.4, 0.5) is 8.78 Å². The lowest BCUT2D eigenvalue weighted by Crippen LogP contribution is -2.13. The van der Waals surface area contributed by atoms with Crippen LogP contribution in [0.15, 0.2) is 71.3 Å². The number of carbonyl (C=O) groups excluding carboxylic acids is 2. The molecule has 0 aliphatic carbocycles. The summed E-state index contributed by atoms with van der Waals surface area (Å²) in [5.74, 6) is -1.26. The third-order valence-corrected chi connectivity index (χ3v) is 6.33. The van der Waals surface area contributed by atoms with E-state index in [1.54, 1.807) is 51.1 Å². The number of hydrogen-bond donors (Lipinski definition) is 0. The first kappa shape index (κ1) is 27.7. The van der Waals surface area contributed by atoms with Crippen LogP contribution in [0.1, 0.15) is 53.5 Å². The highest BCUT2D eigenvalue weighted by molar-refractivity contribution is 5.77. The average Bonchev–Trinajstić information content (AvgIpc) is 3.26. The van der Waals surface area contributed by atoms with Crippen LogP contribution < -0.4 is 0 Å². The van der Waals surface area contributed by atoms with E-state index in [4.69, 9.17) is 14.0 Å². The quantitative estimate of drug-likeness (QED) is 0.217. The summed E-state index contributed by atoms with van der Waals surface area (Å²) >= 11 is 0. The fourth-order valence-corrected chi connectivity index (χ4v) is 4.32. The third-order valence-electron chi connectivity index (χ3n) is 6.33. The second-order valence-electron chi connectivity index (χ2n) is 9.19. The Kier molecular flexibility index (Phi) is 8.86. The van der Waals surface area contributed by atoms with Gasteiger partial charge in [-0.05, 0) is 49.6 Å². The van der Waals surface area contributed by atoms with Crippen LogP contribution in [0, 0.1) is 18.6 Å². The van der Waals surface area contributed by atoms with Crippen molar-refractivity contribution in [3.63, 3.8) is 0 Å². The molecule has 202 valence electrons. The van der Waals surface area contributed by atoms with Gasteiger partial charge in [0.15, 0.2) is 5.76 Å². The molecule has 4 aromatic rings. The molecule has 1 heterocycles. The van der Waals surface area contributed by atoms with Crippen LogP contribution in [-0.4, -0.2) is 23.7 Å². The van der Waals surface area contributed by atoms with Gasteiger partial charge in [-0.15, -0.1) is 0 Å². The minimum atomic E-state index is -0.752. The van der Waals surface area contributed by atoms with Crippen molar-refractivity contribution in [2.75, 3.05) is 6.61 Å². The number of ether oxygens (including phenoxy) is 2. The Hall–Kier alpha value is -4.33. The van der Waals surface area contributed by atoms with E-state index in [0.29, 0.717) is 52.3 Å². The molecule has 6 nitrogen and oxygen atoms in total. The molecule has 0 aliphatic heterocycles. The number of hydrogen-bond acceptors (Lipinski definition) is 6. The van der Waals surface area contributed by atoms with Gasteiger partial charge in [-0.2, -0.15) is 0 Å². The van der Waals surface area contributed by atoms with Crippen molar-refractivity contribution in [3.8, 4) is 11.3 Å². The molecular weight excluding hydrogens is 504 g/mol. The third kappa shape index (κ3) is 6.96. The van der Waals surface area contributed by atoms with E-state index in [2.05, 4.69) is 5.16 Å². The maximum absolute atomic E-state index is 14.5. The largest absolute Gasteiger partial charge is 0.466 e. The highest BCUT2D eigenvalue weighted by Gasteiger charge is 2.21. The van der Waals surface area contributed by atoms with E-state index >= 15 is 0 Å². The molecule has 0 N–H and O–H groups in total. The fourth-order valence-electron chi connectivity index (χ4n) is 4.32. The molecule has 0 radical (unpaired) electrons. The molecule has 1 atom stereocenters. The maximum Gasteiger partial charge on any atom is 0.311 e. The van der Waals surface area contributed by atoms with Crippen molar-refractivity contribution < 1.29 is 32.4 Å². The lowest BCUT2D eigenvalue weighted by molar-refractivity contribution is -0.148. The Morgan fingerprint density at radius 1 is 0.923 bits per heavy atom. The molecular formula is C31H29F2NO5. The van der Waals surface area contributed by atoms with Crippen molar-refractivity contribution in [1.82, 2.24) is 5.16 Å². The molecule has 0 bridgehead atoms. The number of nitrogens with zero attached hydrogens (tertiary/aromatic N) is 1. The van der Waals surface area contributed by atoms with Crippen molar-refractivity contribution >= 4 is 11.9 Å². The zero-order valence-corrected chi connectivity index (χ0v) is 22.0. The zero-order chi connectivity index (χ0) is 27.9. The Morgan fingerprint density at radius 2 is 1.64 bits per heavy atom. The summed E-state index contributed by atoms with van der Waals surface area (Å²) in [5.41, 5.74) is 4.11. The Labute approximate surface area is 225 Å². The van der Waals surface area contributed by atoms with Gasteiger partial charge in [-0.25, -0.2) is 8.78 Å². The lowest BCUT2D eigenvalue weighted by Gasteiger charge is -2.14. The van der Waals surface area contributed by atoms with E-state index < -0.39 is 17.9 Å². The SMILES string of the molecule is CCOC(=O)Cc1ccc(F)c(Cc2ccc(-c3onc(C)c3CC(=O)O[C@H](C)c3ccccc3F)cc2)c1. The van der Waals surface area contributed by atoms with Crippen LogP contribution >= 0.6 is 0 Å². The normalized spacial score (nSPS) is 11.7. The van der Waals surface area contributed by atoms with Gasteiger partial charge in [0.05, 0.1) is 25.1 Å². The number of aromatic nitrogens is 1. The van der Waals surface area contributed by atoms with Gasteiger partial charge in [-0.1, -0.05) is 59.8 Å². The first-order valence-electron chi connectivity index (χ1n) is 12.7. The van der Waals surface area contributed by atoms with Crippen LogP contribution in [0.2, 0.25) is 0 Å². The van der Waals surface area contributed by atoms with E-state index in [-0.39, 0.29) is 24.6 Å². The topological polar surface area (TPSA) is 78.6 Å². The Bertz CT molecular complexity index is 1460. The second kappa shape index (κ2) is 12.5. The predicted octanol–water partition coefficient (Wildman–Crippen LogP) is 6.47. The molecule has 8 heteroatoms. The maximum atomic E-state index is 14.5. The van der Waals surface area contributed by atoms with Crippen LogP contribution in [0.3, 0.4) is 0 Å². The summed E-state index contributed by atoms with van der Waals surface area (Å²) in [4.78, 5) is 24.5. The highest BCUT2D eigenvalue weighted by Crippen LogP contribution is 2.29. The summed E-state index contributed by atoms with van der Waals surface area (Å²) in [6.45, 7) is 5.38. The van der Waals surface area contributed by atoms with Gasteiger partial charge in [0, 0.05) is 23.1 Å². The molecule has 0 aliphatic rings. The van der Waals surface area contributed by atoms with Crippen LogP contribution in [0.25, 0.3) is 11.3 Å². The van der Waals surface area contributed by atoms with Crippen LogP contribution in [-0.2, 0) is 38.3 Å². The van der Waals surface area contributed by atoms with Crippen LogP contribution in [0.5, 0.6) is 0 Å². The Balaban J connectivity index is 1.45. The summed E-state index contributed by atoms with van der Waals surface area (Å²) in [6.07, 6.45) is -0.442. The highest BCUT2D eigenvalue weighted by atomic mass is 19.1. The minimum Gasteiger partial charge on any atom is -0.466 e. The molecule has 0 unspecified atom stereocenters. The number of halogens is 2. The van der Waals surface area contributed by atoms with E-state index in [1.807, 2.05) is 24.3 Å². The van der Waals surface area contributed by atoms with Gasteiger partial charge < -0.3 is 14.0 Å². The molecule has 1 aromatic heterocycles. The molecule has 3 aromatic carbocycles. The molecule has 39 heavy (non-hydrogen) atoms. The fraction of sp³-hybridized carbons (Fsp3) is 0.258. The predicted molar refractivity (Wildman–Crippen MR) is 141 cm³/mol. The summed E-state index contributed by atoms with van der Waals surface area (Å²) < 4.78 is 44.5. The molecule has 0 saturated carbocycles. The monoisotopic (exact) mass is 533 g/mol. The molecule has 0 amide bonds.